The van der Waals surface area contributed by atoms with E-state index in [9.17, 15) is 20.0 Å². The first-order valence-electron chi connectivity index (χ1n) is 15.0. The molecule has 1 aromatic carbocycles. The highest BCUT2D eigenvalue weighted by Crippen LogP contribution is 2.42. The zero-order valence-corrected chi connectivity index (χ0v) is 26.9. The summed E-state index contributed by atoms with van der Waals surface area (Å²) in [5.74, 6) is 0.481. The van der Waals surface area contributed by atoms with Crippen molar-refractivity contribution in [1.29, 1.82) is 5.26 Å². The predicted molar refractivity (Wildman–Crippen MR) is 177 cm³/mol. The Bertz CT molecular complexity index is 2130. The fourth-order valence-electron chi connectivity index (χ4n) is 6.26. The van der Waals surface area contributed by atoms with E-state index < -0.39 is 5.97 Å². The third-order valence-electron chi connectivity index (χ3n) is 9.09. The number of hydrogen-bond donors (Lipinski definition) is 1. The lowest BCUT2D eigenvalue weighted by Crippen LogP contribution is -2.51. The van der Waals surface area contributed by atoms with Gasteiger partial charge in [0.1, 0.15) is 35.6 Å². The van der Waals surface area contributed by atoms with Crippen LogP contribution in [0.15, 0.2) is 46.8 Å². The molecule has 13 heteroatoms. The minimum absolute atomic E-state index is 0.127. The van der Waals surface area contributed by atoms with Crippen LogP contribution in [-0.4, -0.2) is 73.8 Å². The molecule has 2 fully saturated rings. The number of hydrogen-bond acceptors (Lipinski definition) is 10. The largest absolute Gasteiger partial charge is 0.491 e. The second kappa shape index (κ2) is 11.7. The highest BCUT2D eigenvalue weighted by Gasteiger charge is 2.44. The van der Waals surface area contributed by atoms with Gasteiger partial charge in [0.05, 0.1) is 39.4 Å². The monoisotopic (exact) mass is 655 g/mol. The smallest absolute Gasteiger partial charge is 0.338 e. The Kier molecular flexibility index (Phi) is 7.63. The van der Waals surface area contributed by atoms with Gasteiger partial charge >= 0.3 is 5.97 Å². The lowest BCUT2D eigenvalue weighted by atomic mass is 10.0. The molecule has 1 aliphatic heterocycles. The van der Waals surface area contributed by atoms with Crippen molar-refractivity contribution in [3.63, 3.8) is 0 Å². The van der Waals surface area contributed by atoms with Crippen LogP contribution in [0, 0.1) is 18.3 Å². The summed E-state index contributed by atoms with van der Waals surface area (Å²) in [5, 5.41) is 22.1. The maximum Gasteiger partial charge on any atom is 0.338 e. The van der Waals surface area contributed by atoms with Gasteiger partial charge in [0, 0.05) is 59.4 Å². The fourth-order valence-corrected chi connectivity index (χ4v) is 7.46. The number of anilines is 1. The number of halogens is 1. The molecule has 46 heavy (non-hydrogen) atoms. The summed E-state index contributed by atoms with van der Waals surface area (Å²) in [6.45, 7) is 7.60. The molecule has 4 aromatic heterocycles. The Morgan fingerprint density at radius 3 is 2.67 bits per heavy atom. The van der Waals surface area contributed by atoms with Crippen molar-refractivity contribution in [3.8, 4) is 22.9 Å². The Morgan fingerprint density at radius 1 is 1.17 bits per heavy atom. The number of carbonyl (C=O) groups is 1. The number of ether oxygens (including phenoxy) is 1. The maximum atomic E-state index is 13.9. The standard InChI is InChI=1S/C33H30ClN7O4S/c1-19-38-25-17-37-30(39-9-11-40(12-10-39)33(2)6-7-33)23(16-35)27(25)31(42)41(19)13-14-45-26-4-3-20(34)15-22(26)21-5-8-36-28-24(32(43)44)18-46-29(21)28/h3-5,8,15,17-18H,6-7,9-14H2,1-2H3,(H,43,44). The summed E-state index contributed by atoms with van der Waals surface area (Å²) >= 11 is 7.66. The molecule has 7 rings (SSSR count). The predicted octanol–water partition coefficient (Wildman–Crippen LogP) is 5.35. The number of fused-ring (bicyclic) bond motifs is 2. The van der Waals surface area contributed by atoms with Crippen LogP contribution in [0.1, 0.15) is 41.5 Å². The minimum atomic E-state index is -1.05. The molecule has 0 radical (unpaired) electrons. The number of piperazine rings is 1. The van der Waals surface area contributed by atoms with Gasteiger partial charge in [-0.3, -0.25) is 19.2 Å². The summed E-state index contributed by atoms with van der Waals surface area (Å²) < 4.78 is 8.45. The molecule has 5 heterocycles. The van der Waals surface area contributed by atoms with Crippen molar-refractivity contribution in [3.05, 3.63) is 74.4 Å². The average molecular weight is 656 g/mol. The Hall–Kier alpha value is -4.57. The van der Waals surface area contributed by atoms with Gasteiger partial charge in [-0.1, -0.05) is 11.6 Å². The van der Waals surface area contributed by atoms with Gasteiger partial charge in [0.15, 0.2) is 0 Å². The summed E-state index contributed by atoms with van der Waals surface area (Å²) in [7, 11) is 0. The summed E-state index contributed by atoms with van der Waals surface area (Å²) in [6.07, 6.45) is 5.59. The van der Waals surface area contributed by atoms with E-state index in [0.29, 0.717) is 49.3 Å². The average Bonchev–Trinajstić information content (AvgIpc) is 3.65. The van der Waals surface area contributed by atoms with Crippen molar-refractivity contribution in [2.45, 2.75) is 38.8 Å². The number of nitriles is 1. The number of thiophene rings is 1. The van der Waals surface area contributed by atoms with Crippen LogP contribution in [0.2, 0.25) is 5.02 Å². The van der Waals surface area contributed by atoms with Crippen molar-refractivity contribution >= 4 is 55.8 Å². The van der Waals surface area contributed by atoms with Gasteiger partial charge in [-0.05, 0) is 51.0 Å². The molecule has 1 saturated heterocycles. The molecule has 1 saturated carbocycles. The number of aryl methyl sites for hydroxylation is 1. The van der Waals surface area contributed by atoms with E-state index in [1.807, 2.05) is 0 Å². The molecule has 1 aliphatic carbocycles. The number of benzene rings is 1. The van der Waals surface area contributed by atoms with Crippen molar-refractivity contribution < 1.29 is 14.6 Å². The van der Waals surface area contributed by atoms with Crippen molar-refractivity contribution in [1.82, 2.24) is 24.4 Å². The first kappa shape index (κ1) is 30.1. The van der Waals surface area contributed by atoms with Crippen LogP contribution in [-0.2, 0) is 6.54 Å². The van der Waals surface area contributed by atoms with Crippen LogP contribution in [0.4, 0.5) is 5.82 Å². The summed E-state index contributed by atoms with van der Waals surface area (Å²) in [4.78, 5) is 43.8. The minimum Gasteiger partial charge on any atom is -0.491 e. The molecule has 5 aromatic rings. The maximum absolute atomic E-state index is 13.9. The number of carboxylic acid groups (broad SMARTS) is 1. The first-order valence-corrected chi connectivity index (χ1v) is 16.3. The molecule has 0 unspecified atom stereocenters. The molecular weight excluding hydrogens is 626 g/mol. The van der Waals surface area contributed by atoms with E-state index in [1.54, 1.807) is 49.0 Å². The number of aromatic carboxylic acids is 1. The van der Waals surface area contributed by atoms with Crippen LogP contribution in [0.25, 0.3) is 32.2 Å². The topological polar surface area (TPSA) is 137 Å². The van der Waals surface area contributed by atoms with E-state index in [-0.39, 0.29) is 35.2 Å². The molecule has 0 spiro atoms. The fraction of sp³-hybridized carbons (Fsp3) is 0.333. The summed E-state index contributed by atoms with van der Waals surface area (Å²) in [5.41, 5.74) is 2.56. The van der Waals surface area contributed by atoms with Gasteiger partial charge in [-0.15, -0.1) is 11.3 Å². The molecule has 0 bridgehead atoms. The highest BCUT2D eigenvalue weighted by molar-refractivity contribution is 7.18. The number of carboxylic acids is 1. The molecule has 234 valence electrons. The van der Waals surface area contributed by atoms with Crippen LogP contribution in [0.5, 0.6) is 5.75 Å². The Labute approximate surface area is 273 Å². The van der Waals surface area contributed by atoms with E-state index in [0.717, 1.165) is 31.7 Å². The Balaban J connectivity index is 1.17. The lowest BCUT2D eigenvalue weighted by molar-refractivity contribution is 0.0699. The molecule has 1 N–H and O–H groups in total. The van der Waals surface area contributed by atoms with Crippen LogP contribution >= 0.6 is 22.9 Å². The van der Waals surface area contributed by atoms with E-state index >= 15 is 0 Å². The van der Waals surface area contributed by atoms with Crippen LogP contribution < -0.4 is 15.2 Å². The molecule has 11 nitrogen and oxygen atoms in total. The molecule has 2 aliphatic rings. The highest BCUT2D eigenvalue weighted by atomic mass is 35.5. The second-order valence-electron chi connectivity index (χ2n) is 11.9. The quantitative estimate of drug-likeness (QED) is 0.233. The number of rotatable bonds is 8. The molecule has 0 atom stereocenters. The Morgan fingerprint density at radius 2 is 1.96 bits per heavy atom. The first-order chi connectivity index (χ1) is 22.2. The van der Waals surface area contributed by atoms with Gasteiger partial charge in [-0.2, -0.15) is 5.26 Å². The number of nitrogens with zero attached hydrogens (tertiary/aromatic N) is 7. The second-order valence-corrected chi connectivity index (χ2v) is 13.2. The van der Waals surface area contributed by atoms with Crippen LogP contribution in [0.3, 0.4) is 0 Å². The van der Waals surface area contributed by atoms with Gasteiger partial charge in [0.2, 0.25) is 0 Å². The van der Waals surface area contributed by atoms with Crippen molar-refractivity contribution in [2.24, 2.45) is 0 Å². The van der Waals surface area contributed by atoms with Crippen molar-refractivity contribution in [2.75, 3.05) is 37.7 Å². The summed E-state index contributed by atoms with van der Waals surface area (Å²) in [6, 6.07) is 9.28. The number of aromatic nitrogens is 4. The van der Waals surface area contributed by atoms with Gasteiger partial charge < -0.3 is 14.7 Å². The normalized spacial score (nSPS) is 16.1. The van der Waals surface area contributed by atoms with E-state index in [1.165, 1.54) is 28.7 Å². The van der Waals surface area contributed by atoms with E-state index in [4.69, 9.17) is 16.3 Å². The molecular formula is C33H30ClN7O4S. The number of pyridine rings is 2. The van der Waals surface area contributed by atoms with E-state index in [2.05, 4.69) is 37.7 Å². The van der Waals surface area contributed by atoms with Gasteiger partial charge in [0.25, 0.3) is 5.56 Å². The zero-order chi connectivity index (χ0) is 32.2. The van der Waals surface area contributed by atoms with Gasteiger partial charge in [-0.25, -0.2) is 14.8 Å². The third kappa shape index (κ3) is 5.24. The third-order valence-corrected chi connectivity index (χ3v) is 10.3. The lowest BCUT2D eigenvalue weighted by Gasteiger charge is -2.39. The SMILES string of the molecule is Cc1nc2cnc(N3CCN(C4(C)CC4)CC3)c(C#N)c2c(=O)n1CCOc1ccc(Cl)cc1-c1ccnc2c(C(=O)O)csc12. The zero-order valence-electron chi connectivity index (χ0n) is 25.3. The molecule has 0 amide bonds.